The van der Waals surface area contributed by atoms with Crippen molar-refractivity contribution >= 4 is 10.9 Å². The predicted octanol–water partition coefficient (Wildman–Crippen LogP) is 1.44. The maximum atomic E-state index is 12.8. The molecule has 0 saturated carbocycles. The number of aromatic nitrogens is 4. The summed E-state index contributed by atoms with van der Waals surface area (Å²) >= 11 is 0. The van der Waals surface area contributed by atoms with E-state index in [-0.39, 0.29) is 5.69 Å². The minimum atomic E-state index is -4.78. The SMILES string of the molecule is Cn1c(C(F)(F)F)cc(=O)n(-c2ccc3cnn(C)c3c2)c1=O. The minimum Gasteiger partial charge on any atom is -0.292 e. The Morgan fingerprint density at radius 1 is 1.09 bits per heavy atom. The van der Waals surface area contributed by atoms with Crippen LogP contribution in [0.2, 0.25) is 0 Å². The summed E-state index contributed by atoms with van der Waals surface area (Å²) in [6.45, 7) is 0. The van der Waals surface area contributed by atoms with Gasteiger partial charge in [0.2, 0.25) is 0 Å². The highest BCUT2D eigenvalue weighted by molar-refractivity contribution is 5.80. The zero-order chi connectivity index (χ0) is 16.9. The average molecular weight is 324 g/mol. The fourth-order valence-electron chi connectivity index (χ4n) is 2.41. The van der Waals surface area contributed by atoms with E-state index in [1.165, 1.54) is 12.1 Å². The van der Waals surface area contributed by atoms with Crippen LogP contribution in [0.5, 0.6) is 0 Å². The number of hydrogen-bond acceptors (Lipinski definition) is 3. The summed E-state index contributed by atoms with van der Waals surface area (Å²) in [5.41, 5.74) is -2.56. The Morgan fingerprint density at radius 2 is 1.78 bits per heavy atom. The van der Waals surface area contributed by atoms with Gasteiger partial charge in [0.15, 0.2) is 0 Å². The van der Waals surface area contributed by atoms with Gasteiger partial charge in [-0.05, 0) is 18.2 Å². The summed E-state index contributed by atoms with van der Waals surface area (Å²) in [6.07, 6.45) is -3.18. The first-order chi connectivity index (χ1) is 10.7. The molecule has 6 nitrogen and oxygen atoms in total. The van der Waals surface area contributed by atoms with Crippen LogP contribution in [0, 0.1) is 0 Å². The Kier molecular flexibility index (Phi) is 3.17. The number of hydrogen-bond donors (Lipinski definition) is 0. The van der Waals surface area contributed by atoms with Crippen molar-refractivity contribution in [3.05, 3.63) is 57.0 Å². The van der Waals surface area contributed by atoms with Crippen LogP contribution in [0.15, 0.2) is 40.1 Å². The van der Waals surface area contributed by atoms with Gasteiger partial charge in [-0.3, -0.25) is 14.0 Å². The van der Waals surface area contributed by atoms with Gasteiger partial charge in [0.05, 0.1) is 17.4 Å². The first-order valence-electron chi connectivity index (χ1n) is 6.52. The topological polar surface area (TPSA) is 61.8 Å². The Bertz CT molecular complexity index is 1030. The number of benzene rings is 1. The lowest BCUT2D eigenvalue weighted by Crippen LogP contribution is -2.40. The molecule has 23 heavy (non-hydrogen) atoms. The first kappa shape index (κ1) is 15.1. The van der Waals surface area contributed by atoms with E-state index >= 15 is 0 Å². The minimum absolute atomic E-state index is 0.181. The van der Waals surface area contributed by atoms with E-state index in [9.17, 15) is 22.8 Å². The molecule has 0 atom stereocenters. The largest absolute Gasteiger partial charge is 0.431 e. The standard InChI is InChI=1S/C14H11F3N4O2/c1-19-11(14(15,16)17)6-12(22)21(13(19)23)9-4-3-8-7-18-20(2)10(8)5-9/h3-7H,1-2H3. The van der Waals surface area contributed by atoms with Gasteiger partial charge in [-0.1, -0.05) is 0 Å². The molecule has 1 aromatic carbocycles. The van der Waals surface area contributed by atoms with Gasteiger partial charge in [-0.25, -0.2) is 9.36 Å². The number of rotatable bonds is 1. The van der Waals surface area contributed by atoms with Gasteiger partial charge in [-0.2, -0.15) is 18.3 Å². The van der Waals surface area contributed by atoms with Gasteiger partial charge in [0, 0.05) is 25.5 Å². The van der Waals surface area contributed by atoms with E-state index < -0.39 is 23.1 Å². The van der Waals surface area contributed by atoms with Crippen molar-refractivity contribution in [2.75, 3.05) is 0 Å². The average Bonchev–Trinajstić information content (AvgIpc) is 2.83. The van der Waals surface area contributed by atoms with Crippen molar-refractivity contribution in [1.29, 1.82) is 0 Å². The van der Waals surface area contributed by atoms with Crippen LogP contribution in [0.25, 0.3) is 16.6 Å². The monoisotopic (exact) mass is 324 g/mol. The van der Waals surface area contributed by atoms with Crippen LogP contribution in [0.1, 0.15) is 5.69 Å². The van der Waals surface area contributed by atoms with E-state index in [0.717, 1.165) is 12.4 Å². The molecule has 0 fully saturated rings. The second-order valence-corrected chi connectivity index (χ2v) is 5.05. The Balaban J connectivity index is 2.31. The molecule has 0 aliphatic heterocycles. The van der Waals surface area contributed by atoms with Crippen molar-refractivity contribution < 1.29 is 13.2 Å². The highest BCUT2D eigenvalue weighted by Crippen LogP contribution is 2.27. The van der Waals surface area contributed by atoms with Crippen molar-refractivity contribution in [1.82, 2.24) is 18.9 Å². The van der Waals surface area contributed by atoms with E-state index in [2.05, 4.69) is 5.10 Å². The van der Waals surface area contributed by atoms with Crippen molar-refractivity contribution in [2.45, 2.75) is 6.18 Å². The summed E-state index contributed by atoms with van der Waals surface area (Å²) in [5.74, 6) is 0. The van der Waals surface area contributed by atoms with Crippen LogP contribution in [0.3, 0.4) is 0 Å². The molecule has 0 amide bonds. The molecule has 120 valence electrons. The van der Waals surface area contributed by atoms with Crippen molar-refractivity contribution in [3.63, 3.8) is 0 Å². The zero-order valence-corrected chi connectivity index (χ0v) is 12.1. The van der Waals surface area contributed by atoms with Crippen LogP contribution < -0.4 is 11.2 Å². The summed E-state index contributed by atoms with van der Waals surface area (Å²) in [7, 11) is 2.66. The van der Waals surface area contributed by atoms with E-state index in [4.69, 9.17) is 0 Å². The zero-order valence-electron chi connectivity index (χ0n) is 12.1. The molecule has 0 N–H and O–H groups in total. The van der Waals surface area contributed by atoms with Crippen LogP contribution in [-0.4, -0.2) is 18.9 Å². The molecule has 2 aromatic heterocycles. The van der Waals surface area contributed by atoms with Crippen LogP contribution >= 0.6 is 0 Å². The molecule has 0 bridgehead atoms. The molecule has 0 radical (unpaired) electrons. The third kappa shape index (κ3) is 2.33. The van der Waals surface area contributed by atoms with E-state index in [0.29, 0.717) is 20.7 Å². The lowest BCUT2D eigenvalue weighted by Gasteiger charge is -2.14. The number of aryl methyl sites for hydroxylation is 1. The first-order valence-corrected chi connectivity index (χ1v) is 6.52. The summed E-state index contributed by atoms with van der Waals surface area (Å²) in [5, 5.41) is 4.82. The normalized spacial score (nSPS) is 12.0. The van der Waals surface area contributed by atoms with E-state index in [1.807, 2.05) is 0 Å². The van der Waals surface area contributed by atoms with Crippen LogP contribution in [0.4, 0.5) is 13.2 Å². The number of fused-ring (bicyclic) bond motifs is 1. The van der Waals surface area contributed by atoms with Gasteiger partial charge >= 0.3 is 11.9 Å². The Hall–Kier alpha value is -2.84. The molecule has 3 rings (SSSR count). The fourth-order valence-corrected chi connectivity index (χ4v) is 2.41. The van der Waals surface area contributed by atoms with Crippen molar-refractivity contribution in [2.24, 2.45) is 14.1 Å². The molecule has 2 heterocycles. The second-order valence-electron chi connectivity index (χ2n) is 5.05. The predicted molar refractivity (Wildman–Crippen MR) is 76.6 cm³/mol. The van der Waals surface area contributed by atoms with Crippen LogP contribution in [-0.2, 0) is 20.3 Å². The summed E-state index contributed by atoms with van der Waals surface area (Å²) in [4.78, 5) is 24.3. The van der Waals surface area contributed by atoms with Gasteiger partial charge in [-0.15, -0.1) is 0 Å². The van der Waals surface area contributed by atoms with Gasteiger partial charge < -0.3 is 0 Å². The Morgan fingerprint density at radius 3 is 2.43 bits per heavy atom. The lowest BCUT2D eigenvalue weighted by atomic mass is 10.2. The molecule has 0 unspecified atom stereocenters. The third-order valence-electron chi connectivity index (χ3n) is 3.60. The number of halogens is 3. The molecule has 3 aromatic rings. The Labute approximate surface area is 127 Å². The fraction of sp³-hybridized carbons (Fsp3) is 0.214. The van der Waals surface area contributed by atoms with E-state index in [1.54, 1.807) is 24.0 Å². The highest BCUT2D eigenvalue weighted by atomic mass is 19.4. The second kappa shape index (κ2) is 4.83. The molecular weight excluding hydrogens is 313 g/mol. The summed E-state index contributed by atoms with van der Waals surface area (Å²) in [6, 6.07) is 5.06. The quantitative estimate of drug-likeness (QED) is 0.680. The van der Waals surface area contributed by atoms with Gasteiger partial charge in [0.1, 0.15) is 5.69 Å². The molecular formula is C14H11F3N4O2. The summed E-state index contributed by atoms with van der Waals surface area (Å²) < 4.78 is 41.2. The molecule has 0 aliphatic carbocycles. The molecule has 9 heteroatoms. The maximum absolute atomic E-state index is 12.8. The third-order valence-corrected chi connectivity index (χ3v) is 3.60. The molecule has 0 spiro atoms. The number of nitrogens with zero attached hydrogens (tertiary/aromatic N) is 4. The van der Waals surface area contributed by atoms with Gasteiger partial charge in [0.25, 0.3) is 5.56 Å². The maximum Gasteiger partial charge on any atom is 0.431 e. The smallest absolute Gasteiger partial charge is 0.292 e. The molecule has 0 aliphatic rings. The lowest BCUT2D eigenvalue weighted by molar-refractivity contribution is -0.144. The number of alkyl halides is 3. The highest BCUT2D eigenvalue weighted by Gasteiger charge is 2.35. The van der Waals surface area contributed by atoms with Crippen molar-refractivity contribution in [3.8, 4) is 5.69 Å². The molecule has 0 saturated heterocycles.